The van der Waals surface area contributed by atoms with Gasteiger partial charge in [0.25, 0.3) is 0 Å². The number of hydrogen-bond acceptors (Lipinski definition) is 3. The second kappa shape index (κ2) is 5.80. The summed E-state index contributed by atoms with van der Waals surface area (Å²) < 4.78 is 0. The van der Waals surface area contributed by atoms with Gasteiger partial charge in [0.05, 0.1) is 11.8 Å². The van der Waals surface area contributed by atoms with Crippen molar-refractivity contribution in [3.8, 4) is 5.75 Å². The van der Waals surface area contributed by atoms with Crippen LogP contribution < -0.4 is 0 Å². The van der Waals surface area contributed by atoms with Gasteiger partial charge in [-0.15, -0.1) is 0 Å². The highest BCUT2D eigenvalue weighted by Gasteiger charge is 2.16. The molecule has 0 aliphatic carbocycles. The first-order valence-corrected chi connectivity index (χ1v) is 6.49. The lowest BCUT2D eigenvalue weighted by Gasteiger charge is -2.25. The van der Waals surface area contributed by atoms with Crippen LogP contribution in [-0.2, 0) is 4.79 Å². The van der Waals surface area contributed by atoms with Gasteiger partial charge in [0.15, 0.2) is 0 Å². The standard InChI is InChI=1S/C12H17NO2S/c1-9(13(2)12(15)8-16-3)10-4-6-11(14)7-5-10/h4-7,9,14H,8H2,1-3H3. The number of aromatic hydroxyl groups is 1. The molecule has 16 heavy (non-hydrogen) atoms. The molecule has 0 aliphatic rings. The Morgan fingerprint density at radius 2 is 2.00 bits per heavy atom. The fourth-order valence-electron chi connectivity index (χ4n) is 1.42. The zero-order valence-electron chi connectivity index (χ0n) is 9.80. The van der Waals surface area contributed by atoms with Crippen LogP contribution in [-0.4, -0.2) is 35.0 Å². The predicted molar refractivity (Wildman–Crippen MR) is 67.7 cm³/mol. The van der Waals surface area contributed by atoms with Gasteiger partial charge in [-0.25, -0.2) is 0 Å². The molecule has 0 aromatic heterocycles. The Bertz CT molecular complexity index is 351. The van der Waals surface area contributed by atoms with Crippen LogP contribution in [0.25, 0.3) is 0 Å². The molecule has 88 valence electrons. The minimum atomic E-state index is 0.0280. The molecule has 1 rings (SSSR count). The van der Waals surface area contributed by atoms with Crippen LogP contribution in [0, 0.1) is 0 Å². The van der Waals surface area contributed by atoms with E-state index in [0.717, 1.165) is 5.56 Å². The van der Waals surface area contributed by atoms with Gasteiger partial charge >= 0.3 is 0 Å². The molecule has 0 aliphatic heterocycles. The van der Waals surface area contributed by atoms with Crippen molar-refractivity contribution in [2.75, 3.05) is 19.1 Å². The quantitative estimate of drug-likeness (QED) is 0.876. The van der Waals surface area contributed by atoms with E-state index in [4.69, 9.17) is 0 Å². The summed E-state index contributed by atoms with van der Waals surface area (Å²) in [7, 11) is 1.80. The lowest BCUT2D eigenvalue weighted by Crippen LogP contribution is -2.30. The number of phenolic OH excluding ortho intramolecular Hbond substituents is 1. The molecule has 1 N–H and O–H groups in total. The normalized spacial score (nSPS) is 12.2. The highest BCUT2D eigenvalue weighted by atomic mass is 32.2. The zero-order chi connectivity index (χ0) is 12.1. The van der Waals surface area contributed by atoms with Gasteiger partial charge in [0, 0.05) is 7.05 Å². The molecule has 0 saturated heterocycles. The Balaban J connectivity index is 2.73. The van der Waals surface area contributed by atoms with Gasteiger partial charge in [0.2, 0.25) is 5.91 Å². The van der Waals surface area contributed by atoms with E-state index in [2.05, 4.69) is 0 Å². The summed E-state index contributed by atoms with van der Waals surface area (Å²) in [6.45, 7) is 1.98. The predicted octanol–water partition coefficient (Wildman–Crippen LogP) is 2.27. The van der Waals surface area contributed by atoms with E-state index in [0.29, 0.717) is 5.75 Å². The molecule has 3 nitrogen and oxygen atoms in total. The average molecular weight is 239 g/mol. The van der Waals surface area contributed by atoms with Gasteiger partial charge in [-0.3, -0.25) is 4.79 Å². The minimum Gasteiger partial charge on any atom is -0.508 e. The zero-order valence-corrected chi connectivity index (χ0v) is 10.6. The number of amides is 1. The summed E-state index contributed by atoms with van der Waals surface area (Å²) in [5, 5.41) is 9.19. The SMILES string of the molecule is CSCC(=O)N(C)C(C)c1ccc(O)cc1. The van der Waals surface area contributed by atoms with Crippen LogP contribution in [0.2, 0.25) is 0 Å². The number of thioether (sulfide) groups is 1. The maximum Gasteiger partial charge on any atom is 0.232 e. The number of nitrogens with zero attached hydrogens (tertiary/aromatic N) is 1. The number of hydrogen-bond donors (Lipinski definition) is 1. The first-order valence-electron chi connectivity index (χ1n) is 5.09. The fraction of sp³-hybridized carbons (Fsp3) is 0.417. The van der Waals surface area contributed by atoms with E-state index in [1.807, 2.05) is 25.3 Å². The minimum absolute atomic E-state index is 0.0280. The third-order valence-corrected chi connectivity index (χ3v) is 3.15. The highest BCUT2D eigenvalue weighted by molar-refractivity contribution is 7.99. The molecule has 1 aromatic carbocycles. The molecular formula is C12H17NO2S. The van der Waals surface area contributed by atoms with Crippen LogP contribution in [0.15, 0.2) is 24.3 Å². The van der Waals surface area contributed by atoms with Gasteiger partial charge in [-0.2, -0.15) is 11.8 Å². The van der Waals surface area contributed by atoms with Crippen LogP contribution in [0.1, 0.15) is 18.5 Å². The Kier molecular flexibility index (Phi) is 4.68. The lowest BCUT2D eigenvalue weighted by molar-refractivity contribution is -0.128. The summed E-state index contributed by atoms with van der Waals surface area (Å²) in [4.78, 5) is 13.4. The van der Waals surface area contributed by atoms with Crippen molar-refractivity contribution < 1.29 is 9.90 Å². The monoisotopic (exact) mass is 239 g/mol. The Morgan fingerprint density at radius 3 is 2.50 bits per heavy atom. The Morgan fingerprint density at radius 1 is 1.44 bits per heavy atom. The topological polar surface area (TPSA) is 40.5 Å². The summed E-state index contributed by atoms with van der Waals surface area (Å²) in [5.74, 6) is 0.862. The largest absolute Gasteiger partial charge is 0.508 e. The summed E-state index contributed by atoms with van der Waals surface area (Å²) in [6, 6.07) is 6.98. The molecule has 1 atom stereocenters. The van der Waals surface area contributed by atoms with Crippen molar-refractivity contribution in [3.63, 3.8) is 0 Å². The molecule has 0 bridgehead atoms. The number of benzene rings is 1. The summed E-state index contributed by atoms with van der Waals surface area (Å²) in [6.07, 6.45) is 1.91. The number of rotatable bonds is 4. The molecule has 0 heterocycles. The van der Waals surface area contributed by atoms with Gasteiger partial charge < -0.3 is 10.0 Å². The molecule has 0 spiro atoms. The van der Waals surface area contributed by atoms with Crippen molar-refractivity contribution in [3.05, 3.63) is 29.8 Å². The second-order valence-corrected chi connectivity index (χ2v) is 4.57. The average Bonchev–Trinajstić information content (AvgIpc) is 2.28. The third-order valence-electron chi connectivity index (χ3n) is 2.62. The van der Waals surface area contributed by atoms with E-state index in [9.17, 15) is 9.90 Å². The number of carbonyl (C=O) groups is 1. The van der Waals surface area contributed by atoms with Gasteiger partial charge in [0.1, 0.15) is 5.75 Å². The van der Waals surface area contributed by atoms with E-state index in [1.54, 1.807) is 24.1 Å². The Labute approximate surface area is 100 Å². The van der Waals surface area contributed by atoms with Gasteiger partial charge in [-0.1, -0.05) is 12.1 Å². The number of carbonyl (C=O) groups excluding carboxylic acids is 1. The lowest BCUT2D eigenvalue weighted by atomic mass is 10.1. The smallest absolute Gasteiger partial charge is 0.232 e. The van der Waals surface area contributed by atoms with Gasteiger partial charge in [-0.05, 0) is 30.9 Å². The first kappa shape index (κ1) is 12.9. The van der Waals surface area contributed by atoms with Crippen molar-refractivity contribution >= 4 is 17.7 Å². The van der Waals surface area contributed by atoms with Crippen molar-refractivity contribution in [1.29, 1.82) is 0 Å². The Hall–Kier alpha value is -1.16. The van der Waals surface area contributed by atoms with Crippen molar-refractivity contribution in [2.24, 2.45) is 0 Å². The molecule has 4 heteroatoms. The van der Waals surface area contributed by atoms with Crippen molar-refractivity contribution in [2.45, 2.75) is 13.0 Å². The third kappa shape index (κ3) is 3.17. The van der Waals surface area contributed by atoms with Crippen LogP contribution >= 0.6 is 11.8 Å². The molecule has 1 aromatic rings. The molecule has 1 amide bonds. The highest BCUT2D eigenvalue weighted by Crippen LogP contribution is 2.21. The molecule has 0 saturated carbocycles. The van der Waals surface area contributed by atoms with E-state index < -0.39 is 0 Å². The molecular weight excluding hydrogens is 222 g/mol. The van der Waals surface area contributed by atoms with Crippen LogP contribution in [0.3, 0.4) is 0 Å². The maximum absolute atomic E-state index is 11.7. The maximum atomic E-state index is 11.7. The van der Waals surface area contributed by atoms with Crippen molar-refractivity contribution in [1.82, 2.24) is 4.90 Å². The fourth-order valence-corrected chi connectivity index (χ4v) is 1.87. The van der Waals surface area contributed by atoms with E-state index in [1.165, 1.54) is 11.8 Å². The molecule has 1 unspecified atom stereocenters. The second-order valence-electron chi connectivity index (χ2n) is 3.71. The molecule has 0 radical (unpaired) electrons. The number of phenols is 1. The van der Waals surface area contributed by atoms with E-state index in [-0.39, 0.29) is 17.7 Å². The van der Waals surface area contributed by atoms with E-state index >= 15 is 0 Å². The summed E-state index contributed by atoms with van der Waals surface area (Å²) >= 11 is 1.52. The molecule has 0 fully saturated rings. The van der Waals surface area contributed by atoms with Crippen LogP contribution in [0.4, 0.5) is 0 Å². The van der Waals surface area contributed by atoms with Crippen LogP contribution in [0.5, 0.6) is 5.75 Å². The first-order chi connectivity index (χ1) is 7.56. The summed E-state index contributed by atoms with van der Waals surface area (Å²) in [5.41, 5.74) is 1.02.